The second-order valence-electron chi connectivity index (χ2n) is 9.26. The van der Waals surface area contributed by atoms with Gasteiger partial charge in [0.1, 0.15) is 17.6 Å². The van der Waals surface area contributed by atoms with Gasteiger partial charge in [0, 0.05) is 43.0 Å². The van der Waals surface area contributed by atoms with Crippen LogP contribution in [0.5, 0.6) is 5.75 Å². The number of hydrogen-bond acceptors (Lipinski definition) is 9. The largest absolute Gasteiger partial charge is 0.495 e. The molecule has 0 bridgehead atoms. The van der Waals surface area contributed by atoms with Gasteiger partial charge in [-0.1, -0.05) is 6.92 Å². The van der Waals surface area contributed by atoms with Gasteiger partial charge in [0.2, 0.25) is 5.95 Å². The Morgan fingerprint density at radius 3 is 2.67 bits per heavy atom. The van der Waals surface area contributed by atoms with Crippen molar-refractivity contribution in [3.05, 3.63) is 42.5 Å². The maximum atomic E-state index is 9.69. The maximum absolute atomic E-state index is 9.69. The van der Waals surface area contributed by atoms with E-state index in [1.807, 2.05) is 49.0 Å². The van der Waals surface area contributed by atoms with E-state index in [1.54, 1.807) is 13.4 Å². The van der Waals surface area contributed by atoms with Crippen LogP contribution in [0.2, 0.25) is 0 Å². The molecule has 5 rings (SSSR count). The average molecular weight is 484 g/mol. The number of methoxy groups -OCH3 is 1. The molecule has 0 spiro atoms. The van der Waals surface area contributed by atoms with Crippen LogP contribution in [-0.2, 0) is 7.05 Å². The minimum atomic E-state index is -0.245. The number of hydrogen-bond donors (Lipinski definition) is 1. The van der Waals surface area contributed by atoms with Gasteiger partial charge in [0.25, 0.3) is 0 Å². The highest BCUT2D eigenvalue weighted by molar-refractivity contribution is 5.89. The van der Waals surface area contributed by atoms with Crippen molar-refractivity contribution in [1.29, 1.82) is 5.26 Å². The van der Waals surface area contributed by atoms with Crippen LogP contribution in [0.3, 0.4) is 0 Å². The van der Waals surface area contributed by atoms with Crippen LogP contribution in [0.4, 0.5) is 17.5 Å². The zero-order valence-corrected chi connectivity index (χ0v) is 21.0. The zero-order valence-electron chi connectivity index (χ0n) is 21.0. The summed E-state index contributed by atoms with van der Waals surface area (Å²) >= 11 is 0. The van der Waals surface area contributed by atoms with E-state index in [-0.39, 0.29) is 5.41 Å². The highest BCUT2D eigenvalue weighted by atomic mass is 16.5. The molecule has 10 nitrogen and oxygen atoms in total. The van der Waals surface area contributed by atoms with Crippen molar-refractivity contribution >= 4 is 28.4 Å². The summed E-state index contributed by atoms with van der Waals surface area (Å²) in [6, 6.07) is 10.3. The molecule has 1 saturated heterocycles. The van der Waals surface area contributed by atoms with Crippen LogP contribution in [0.1, 0.15) is 31.9 Å². The summed E-state index contributed by atoms with van der Waals surface area (Å²) in [6.45, 7) is 5.63. The third kappa shape index (κ3) is 4.28. The number of nitrogens with zero attached hydrogens (tertiary/aromatic N) is 8. The fraction of sp³-hybridized carbons (Fsp3) is 0.385. The molecule has 0 amide bonds. The summed E-state index contributed by atoms with van der Waals surface area (Å²) in [5.41, 5.74) is 3.09. The first-order chi connectivity index (χ1) is 17.4. The van der Waals surface area contributed by atoms with E-state index in [0.29, 0.717) is 11.7 Å². The molecule has 184 valence electrons. The number of anilines is 3. The van der Waals surface area contributed by atoms with Gasteiger partial charge in [-0.3, -0.25) is 0 Å². The molecule has 4 aromatic rings. The van der Waals surface area contributed by atoms with Crippen molar-refractivity contribution in [2.75, 3.05) is 30.4 Å². The molecule has 1 aromatic carbocycles. The predicted molar refractivity (Wildman–Crippen MR) is 138 cm³/mol. The number of nitriles is 1. The Balaban J connectivity index is 1.46. The Kier molecular flexibility index (Phi) is 6.14. The molecule has 0 atom stereocenters. The fourth-order valence-corrected chi connectivity index (χ4v) is 4.72. The third-order valence-electron chi connectivity index (χ3n) is 7.03. The SMILES string of the molecule is CCC1(C#N)CCN(c2nc(C)cc3cnc(Nc4ccc(-c5nncn5C)cc4OC)nc23)CC1. The predicted octanol–water partition coefficient (Wildman–Crippen LogP) is 4.40. The summed E-state index contributed by atoms with van der Waals surface area (Å²) in [7, 11) is 3.52. The van der Waals surface area contributed by atoms with Gasteiger partial charge in [0.15, 0.2) is 11.6 Å². The van der Waals surface area contributed by atoms with Crippen LogP contribution in [-0.4, -0.2) is 49.9 Å². The number of aryl methyl sites for hydroxylation is 2. The van der Waals surface area contributed by atoms with E-state index in [2.05, 4.69) is 38.4 Å². The van der Waals surface area contributed by atoms with E-state index >= 15 is 0 Å². The lowest BCUT2D eigenvalue weighted by Crippen LogP contribution is -2.39. The Morgan fingerprint density at radius 1 is 1.19 bits per heavy atom. The highest BCUT2D eigenvalue weighted by Crippen LogP contribution is 2.37. The lowest BCUT2D eigenvalue weighted by molar-refractivity contribution is 0.293. The van der Waals surface area contributed by atoms with Crippen molar-refractivity contribution in [3.63, 3.8) is 0 Å². The van der Waals surface area contributed by atoms with Crippen molar-refractivity contribution in [2.45, 2.75) is 33.1 Å². The zero-order chi connectivity index (χ0) is 25.3. The molecule has 4 heterocycles. The van der Waals surface area contributed by atoms with Crippen LogP contribution < -0.4 is 15.0 Å². The van der Waals surface area contributed by atoms with Gasteiger partial charge in [-0.05, 0) is 50.5 Å². The van der Waals surface area contributed by atoms with Gasteiger partial charge < -0.3 is 19.5 Å². The summed E-state index contributed by atoms with van der Waals surface area (Å²) in [6.07, 6.45) is 5.99. The van der Waals surface area contributed by atoms with Crippen molar-refractivity contribution in [2.24, 2.45) is 12.5 Å². The molecule has 36 heavy (non-hydrogen) atoms. The maximum Gasteiger partial charge on any atom is 0.227 e. The second kappa shape index (κ2) is 9.41. The van der Waals surface area contributed by atoms with Gasteiger partial charge >= 0.3 is 0 Å². The molecule has 0 radical (unpaired) electrons. The van der Waals surface area contributed by atoms with Gasteiger partial charge in [-0.2, -0.15) is 5.26 Å². The second-order valence-corrected chi connectivity index (χ2v) is 9.26. The minimum absolute atomic E-state index is 0.245. The lowest BCUT2D eigenvalue weighted by Gasteiger charge is -2.37. The quantitative estimate of drug-likeness (QED) is 0.426. The van der Waals surface area contributed by atoms with E-state index in [9.17, 15) is 5.26 Å². The number of piperidine rings is 1. The molecule has 3 aromatic heterocycles. The molecule has 1 N–H and O–H groups in total. The fourth-order valence-electron chi connectivity index (χ4n) is 4.72. The number of pyridine rings is 1. The number of aromatic nitrogens is 6. The molecule has 1 fully saturated rings. The van der Waals surface area contributed by atoms with Crippen LogP contribution in [0, 0.1) is 23.7 Å². The van der Waals surface area contributed by atoms with Crippen LogP contribution in [0.15, 0.2) is 36.8 Å². The average Bonchev–Trinajstić information content (AvgIpc) is 3.34. The van der Waals surface area contributed by atoms with Crippen molar-refractivity contribution < 1.29 is 4.74 Å². The smallest absolute Gasteiger partial charge is 0.227 e. The van der Waals surface area contributed by atoms with E-state index < -0.39 is 0 Å². The Bertz CT molecular complexity index is 1450. The molecule has 10 heteroatoms. The van der Waals surface area contributed by atoms with Crippen molar-refractivity contribution in [1.82, 2.24) is 29.7 Å². The summed E-state index contributed by atoms with van der Waals surface area (Å²) in [5, 5.41) is 22.0. The minimum Gasteiger partial charge on any atom is -0.495 e. The number of rotatable bonds is 6. The Morgan fingerprint density at radius 2 is 2.00 bits per heavy atom. The van der Waals surface area contributed by atoms with Gasteiger partial charge in [-0.15, -0.1) is 10.2 Å². The summed E-state index contributed by atoms with van der Waals surface area (Å²) < 4.78 is 7.49. The standard InChI is InChI=1S/C26H29N9O/c1-5-26(15-27)8-10-35(11-9-26)24-22-19(12-17(2)30-24)14-28-25(32-22)31-20-7-6-18(13-21(20)36-4)23-33-29-16-34(23)3/h6-7,12-14,16H,5,8-11H2,1-4H3,(H,28,31,32). The number of ether oxygens (including phenoxy) is 1. The molecule has 0 saturated carbocycles. The molecular weight excluding hydrogens is 454 g/mol. The van der Waals surface area contributed by atoms with Crippen LogP contribution >= 0.6 is 0 Å². The van der Waals surface area contributed by atoms with E-state index in [4.69, 9.17) is 14.7 Å². The summed E-state index contributed by atoms with van der Waals surface area (Å²) in [5.74, 6) is 2.68. The van der Waals surface area contributed by atoms with Crippen LogP contribution in [0.25, 0.3) is 22.3 Å². The first kappa shape index (κ1) is 23.5. The molecule has 1 aliphatic rings. The highest BCUT2D eigenvalue weighted by Gasteiger charge is 2.34. The number of fused-ring (bicyclic) bond motifs is 1. The van der Waals surface area contributed by atoms with E-state index in [0.717, 1.165) is 71.8 Å². The molecule has 0 aliphatic carbocycles. The molecular formula is C26H29N9O. The Hall–Kier alpha value is -4.26. The topological polar surface area (TPSA) is 118 Å². The lowest BCUT2D eigenvalue weighted by atomic mass is 9.77. The molecule has 1 aliphatic heterocycles. The number of benzene rings is 1. The van der Waals surface area contributed by atoms with E-state index in [1.165, 1.54) is 0 Å². The molecule has 0 unspecified atom stereocenters. The van der Waals surface area contributed by atoms with Gasteiger partial charge in [0.05, 0.1) is 24.3 Å². The first-order valence-corrected chi connectivity index (χ1v) is 12.1. The summed E-state index contributed by atoms with van der Waals surface area (Å²) in [4.78, 5) is 16.5. The monoisotopic (exact) mass is 483 g/mol. The number of nitrogens with one attached hydrogen (secondary N) is 1. The van der Waals surface area contributed by atoms with Gasteiger partial charge in [-0.25, -0.2) is 15.0 Å². The normalized spacial score (nSPS) is 15.0. The van der Waals surface area contributed by atoms with Crippen molar-refractivity contribution in [3.8, 4) is 23.2 Å². The third-order valence-corrected chi connectivity index (χ3v) is 7.03. The Labute approximate surface area is 210 Å². The first-order valence-electron chi connectivity index (χ1n) is 12.1.